The van der Waals surface area contributed by atoms with Gasteiger partial charge in [-0.3, -0.25) is 15.5 Å². The molecule has 0 bridgehead atoms. The van der Waals surface area contributed by atoms with Crippen LogP contribution in [-0.4, -0.2) is 29.0 Å². The Morgan fingerprint density at radius 3 is 2.62 bits per heavy atom. The molecule has 0 aliphatic carbocycles. The van der Waals surface area contributed by atoms with Gasteiger partial charge in [-0.05, 0) is 30.2 Å². The lowest BCUT2D eigenvalue weighted by Gasteiger charge is -2.22. The molecule has 0 spiro atoms. The molecular formula is C20H23N3O3. The Morgan fingerprint density at radius 1 is 1.19 bits per heavy atom. The summed E-state index contributed by atoms with van der Waals surface area (Å²) in [6, 6.07) is 16.7. The molecule has 0 fully saturated rings. The number of hydrogen-bond acceptors (Lipinski definition) is 5. The van der Waals surface area contributed by atoms with E-state index in [1.165, 1.54) is 0 Å². The van der Waals surface area contributed by atoms with Crippen molar-refractivity contribution in [2.75, 3.05) is 0 Å². The van der Waals surface area contributed by atoms with Crippen LogP contribution in [0.5, 0.6) is 11.5 Å². The molecule has 3 rings (SSSR count). The van der Waals surface area contributed by atoms with Crippen LogP contribution in [0.2, 0.25) is 0 Å². The number of para-hydroxylation sites is 1. The summed E-state index contributed by atoms with van der Waals surface area (Å²) in [5.74, 6) is 0.643. The fraction of sp³-hybridized carbons (Fsp3) is 0.300. The zero-order valence-electron chi connectivity index (χ0n) is 14.8. The quantitative estimate of drug-likeness (QED) is 0.712. The standard InChI is InChI=1S/C20H23N3O3/c1-13(2)19(20(24)25)21-18-12-17(22-23-18)14-7-6-10-16(11-14)26-15-8-4-3-5-9-15/h3-11,13,18-19,21,23H,12H2,1-2H3,(H,24,25). The first-order chi connectivity index (χ1) is 12.5. The van der Waals surface area contributed by atoms with Crippen molar-refractivity contribution >= 4 is 11.7 Å². The van der Waals surface area contributed by atoms with E-state index in [-0.39, 0.29) is 12.1 Å². The van der Waals surface area contributed by atoms with Gasteiger partial charge < -0.3 is 9.84 Å². The summed E-state index contributed by atoms with van der Waals surface area (Å²) in [6.07, 6.45) is 0.401. The number of hydrogen-bond donors (Lipinski definition) is 3. The number of ether oxygens (including phenoxy) is 1. The van der Waals surface area contributed by atoms with Crippen molar-refractivity contribution in [3.8, 4) is 11.5 Å². The summed E-state index contributed by atoms with van der Waals surface area (Å²) in [5, 5.41) is 16.8. The summed E-state index contributed by atoms with van der Waals surface area (Å²) in [5.41, 5.74) is 4.81. The average Bonchev–Trinajstić information content (AvgIpc) is 3.09. The van der Waals surface area contributed by atoms with E-state index in [4.69, 9.17) is 4.74 Å². The predicted octanol–water partition coefficient (Wildman–Crippen LogP) is 3.20. The summed E-state index contributed by atoms with van der Waals surface area (Å²) in [4.78, 5) is 11.4. The van der Waals surface area contributed by atoms with Gasteiger partial charge in [-0.15, -0.1) is 0 Å². The Balaban J connectivity index is 1.65. The van der Waals surface area contributed by atoms with Crippen LogP contribution in [-0.2, 0) is 4.79 Å². The Kier molecular flexibility index (Phi) is 5.53. The van der Waals surface area contributed by atoms with E-state index in [1.54, 1.807) is 0 Å². The third-order valence-corrected chi connectivity index (χ3v) is 4.21. The molecule has 0 radical (unpaired) electrons. The average molecular weight is 353 g/mol. The van der Waals surface area contributed by atoms with Crippen LogP contribution >= 0.6 is 0 Å². The molecule has 26 heavy (non-hydrogen) atoms. The fourth-order valence-electron chi connectivity index (χ4n) is 2.85. The molecule has 0 amide bonds. The van der Waals surface area contributed by atoms with Crippen molar-refractivity contribution < 1.29 is 14.6 Å². The summed E-state index contributed by atoms with van der Waals surface area (Å²) >= 11 is 0. The maximum Gasteiger partial charge on any atom is 0.321 e. The van der Waals surface area contributed by atoms with Gasteiger partial charge >= 0.3 is 5.97 Å². The SMILES string of the molecule is CC(C)C(NC1CC(c2cccc(Oc3ccccc3)c2)=NN1)C(=O)O. The molecule has 1 aliphatic heterocycles. The van der Waals surface area contributed by atoms with Gasteiger partial charge in [0.1, 0.15) is 17.5 Å². The Hall–Kier alpha value is -2.86. The summed E-state index contributed by atoms with van der Waals surface area (Å²) in [6.45, 7) is 3.76. The monoisotopic (exact) mass is 353 g/mol. The number of hydrazone groups is 1. The largest absolute Gasteiger partial charge is 0.480 e. The Bertz CT molecular complexity index is 790. The van der Waals surface area contributed by atoms with E-state index < -0.39 is 12.0 Å². The molecular weight excluding hydrogens is 330 g/mol. The second-order valence-electron chi connectivity index (χ2n) is 6.61. The lowest BCUT2D eigenvalue weighted by atomic mass is 10.0. The van der Waals surface area contributed by atoms with Gasteiger partial charge in [0.25, 0.3) is 0 Å². The molecule has 0 aromatic heterocycles. The molecule has 6 nitrogen and oxygen atoms in total. The number of aliphatic carboxylic acids is 1. The second-order valence-corrected chi connectivity index (χ2v) is 6.61. The van der Waals surface area contributed by atoms with Crippen LogP contribution in [0, 0.1) is 5.92 Å². The predicted molar refractivity (Wildman–Crippen MR) is 100 cm³/mol. The molecule has 136 valence electrons. The molecule has 1 heterocycles. The van der Waals surface area contributed by atoms with Crippen LogP contribution in [0.3, 0.4) is 0 Å². The van der Waals surface area contributed by atoms with E-state index in [2.05, 4.69) is 15.8 Å². The highest BCUT2D eigenvalue weighted by atomic mass is 16.5. The van der Waals surface area contributed by atoms with Crippen molar-refractivity contribution in [3.05, 3.63) is 60.2 Å². The highest BCUT2D eigenvalue weighted by Crippen LogP contribution is 2.23. The van der Waals surface area contributed by atoms with Gasteiger partial charge in [0.15, 0.2) is 0 Å². The number of carboxylic acid groups (broad SMARTS) is 1. The van der Waals surface area contributed by atoms with Gasteiger partial charge in [-0.1, -0.05) is 44.2 Å². The van der Waals surface area contributed by atoms with Crippen molar-refractivity contribution in [2.45, 2.75) is 32.5 Å². The van der Waals surface area contributed by atoms with Gasteiger partial charge in [0.2, 0.25) is 0 Å². The molecule has 0 saturated heterocycles. The number of benzene rings is 2. The molecule has 0 saturated carbocycles. The first-order valence-corrected chi connectivity index (χ1v) is 8.67. The zero-order chi connectivity index (χ0) is 18.5. The third kappa shape index (κ3) is 4.40. The van der Waals surface area contributed by atoms with E-state index in [1.807, 2.05) is 68.4 Å². The maximum atomic E-state index is 11.4. The van der Waals surface area contributed by atoms with E-state index in [0.29, 0.717) is 6.42 Å². The first kappa shape index (κ1) is 17.9. The van der Waals surface area contributed by atoms with E-state index in [9.17, 15) is 9.90 Å². The topological polar surface area (TPSA) is 83.0 Å². The number of carbonyl (C=O) groups is 1. The molecule has 3 N–H and O–H groups in total. The summed E-state index contributed by atoms with van der Waals surface area (Å²) in [7, 11) is 0. The van der Waals surface area contributed by atoms with Crippen LogP contribution in [0.25, 0.3) is 0 Å². The third-order valence-electron chi connectivity index (χ3n) is 4.21. The van der Waals surface area contributed by atoms with Crippen molar-refractivity contribution in [1.29, 1.82) is 0 Å². The lowest BCUT2D eigenvalue weighted by Crippen LogP contribution is -2.50. The number of nitrogens with zero attached hydrogens (tertiary/aromatic N) is 1. The number of carboxylic acids is 1. The molecule has 6 heteroatoms. The molecule has 2 unspecified atom stereocenters. The van der Waals surface area contributed by atoms with Crippen LogP contribution in [0.4, 0.5) is 0 Å². The van der Waals surface area contributed by atoms with E-state index in [0.717, 1.165) is 22.8 Å². The number of rotatable bonds is 7. The van der Waals surface area contributed by atoms with Gasteiger partial charge in [0.05, 0.1) is 11.9 Å². The smallest absolute Gasteiger partial charge is 0.321 e. The van der Waals surface area contributed by atoms with Crippen LogP contribution in [0.15, 0.2) is 59.7 Å². The van der Waals surface area contributed by atoms with Crippen molar-refractivity contribution in [3.63, 3.8) is 0 Å². The van der Waals surface area contributed by atoms with Gasteiger partial charge in [-0.25, -0.2) is 0 Å². The normalized spacial score (nSPS) is 17.5. The zero-order valence-corrected chi connectivity index (χ0v) is 14.8. The molecule has 2 atom stereocenters. The van der Waals surface area contributed by atoms with Gasteiger partial charge in [0, 0.05) is 12.0 Å². The van der Waals surface area contributed by atoms with Gasteiger partial charge in [-0.2, -0.15) is 5.10 Å². The highest BCUT2D eigenvalue weighted by Gasteiger charge is 2.28. The number of nitrogens with one attached hydrogen (secondary N) is 2. The molecule has 2 aromatic carbocycles. The second kappa shape index (κ2) is 8.01. The lowest BCUT2D eigenvalue weighted by molar-refractivity contribution is -0.141. The molecule has 1 aliphatic rings. The minimum atomic E-state index is -0.853. The fourth-order valence-corrected chi connectivity index (χ4v) is 2.85. The first-order valence-electron chi connectivity index (χ1n) is 8.67. The minimum absolute atomic E-state index is 0.0130. The highest BCUT2D eigenvalue weighted by molar-refractivity contribution is 6.02. The van der Waals surface area contributed by atoms with Crippen LogP contribution < -0.4 is 15.5 Å². The Morgan fingerprint density at radius 2 is 1.92 bits per heavy atom. The minimum Gasteiger partial charge on any atom is -0.480 e. The maximum absolute atomic E-state index is 11.4. The van der Waals surface area contributed by atoms with E-state index >= 15 is 0 Å². The van der Waals surface area contributed by atoms with Crippen molar-refractivity contribution in [1.82, 2.24) is 10.7 Å². The summed E-state index contributed by atoms with van der Waals surface area (Å²) < 4.78 is 5.86. The van der Waals surface area contributed by atoms with Crippen molar-refractivity contribution in [2.24, 2.45) is 11.0 Å². The molecule has 2 aromatic rings. The van der Waals surface area contributed by atoms with Crippen LogP contribution in [0.1, 0.15) is 25.8 Å². The Labute approximate surface area is 152 Å².